The van der Waals surface area contributed by atoms with Crippen LogP contribution < -0.4 is 0 Å². The Morgan fingerprint density at radius 2 is 1.37 bits per heavy atom. The van der Waals surface area contributed by atoms with Crippen molar-refractivity contribution >= 4 is 0 Å². The molecule has 1 unspecified atom stereocenters. The van der Waals surface area contributed by atoms with Gasteiger partial charge in [0.25, 0.3) is 0 Å². The van der Waals surface area contributed by atoms with Crippen LogP contribution in [-0.2, 0) is 4.74 Å². The van der Waals surface area contributed by atoms with Crippen molar-refractivity contribution < 1.29 is 14.9 Å². The highest BCUT2D eigenvalue weighted by Gasteiger charge is 2.24. The van der Waals surface area contributed by atoms with Gasteiger partial charge in [-0.15, -0.1) is 0 Å². The third-order valence-corrected chi connectivity index (χ3v) is 3.48. The molecule has 0 aliphatic heterocycles. The molecule has 0 aromatic carbocycles. The maximum Gasteiger partial charge on any atom is 0.105 e. The second kappa shape index (κ2) is 11.7. The second-order valence-electron chi connectivity index (χ2n) is 6.07. The largest absolute Gasteiger partial charge is 0.388 e. The number of aliphatic hydroxyl groups excluding tert-OH is 1. The molecule has 19 heavy (non-hydrogen) atoms. The van der Waals surface area contributed by atoms with E-state index >= 15 is 0 Å². The topological polar surface area (TPSA) is 49.7 Å². The maximum absolute atomic E-state index is 9.55. The molecule has 0 aliphatic rings. The Bertz CT molecular complexity index is 187. The molecule has 0 saturated heterocycles. The van der Waals surface area contributed by atoms with Gasteiger partial charge in [-0.25, -0.2) is 0 Å². The lowest BCUT2D eigenvalue weighted by atomic mass is 10.0. The number of ether oxygens (including phenoxy) is 1. The van der Waals surface area contributed by atoms with Gasteiger partial charge in [-0.1, -0.05) is 58.3 Å². The SMILES string of the molecule is CCCCCCCCCCCOCC(O)C(C)(C)O. The smallest absolute Gasteiger partial charge is 0.105 e. The van der Waals surface area contributed by atoms with E-state index in [9.17, 15) is 10.2 Å². The quantitative estimate of drug-likeness (QED) is 0.504. The van der Waals surface area contributed by atoms with E-state index in [1.165, 1.54) is 51.4 Å². The van der Waals surface area contributed by atoms with E-state index in [1.54, 1.807) is 13.8 Å². The average Bonchev–Trinajstić information content (AvgIpc) is 2.34. The molecule has 0 aliphatic carbocycles. The van der Waals surface area contributed by atoms with E-state index in [1.807, 2.05) is 0 Å². The predicted molar refractivity (Wildman–Crippen MR) is 80.4 cm³/mol. The molecule has 0 aromatic rings. The summed E-state index contributed by atoms with van der Waals surface area (Å²) >= 11 is 0. The molecule has 1 atom stereocenters. The van der Waals surface area contributed by atoms with Gasteiger partial charge in [0.1, 0.15) is 6.10 Å². The predicted octanol–water partition coefficient (Wildman–Crippen LogP) is 3.67. The second-order valence-corrected chi connectivity index (χ2v) is 6.07. The molecule has 3 nitrogen and oxygen atoms in total. The van der Waals surface area contributed by atoms with Crippen LogP contribution in [0, 0.1) is 0 Å². The molecule has 0 saturated carbocycles. The van der Waals surface area contributed by atoms with Gasteiger partial charge in [0, 0.05) is 6.61 Å². The van der Waals surface area contributed by atoms with Crippen LogP contribution in [0.5, 0.6) is 0 Å². The molecule has 0 rings (SSSR count). The van der Waals surface area contributed by atoms with Crippen molar-refractivity contribution in [1.82, 2.24) is 0 Å². The Kier molecular flexibility index (Phi) is 11.6. The first-order valence-corrected chi connectivity index (χ1v) is 7.96. The molecule has 0 radical (unpaired) electrons. The number of rotatable bonds is 13. The fourth-order valence-corrected chi connectivity index (χ4v) is 1.91. The highest BCUT2D eigenvalue weighted by atomic mass is 16.5. The first-order valence-electron chi connectivity index (χ1n) is 7.96. The van der Waals surface area contributed by atoms with Gasteiger partial charge in [0.15, 0.2) is 0 Å². The Hall–Kier alpha value is -0.120. The van der Waals surface area contributed by atoms with E-state index in [4.69, 9.17) is 4.74 Å². The third-order valence-electron chi connectivity index (χ3n) is 3.48. The zero-order chi connectivity index (χ0) is 14.6. The Morgan fingerprint density at radius 1 is 0.895 bits per heavy atom. The number of hydrogen-bond donors (Lipinski definition) is 2. The lowest BCUT2D eigenvalue weighted by Gasteiger charge is -2.24. The molecule has 0 heterocycles. The van der Waals surface area contributed by atoms with Crippen LogP contribution in [-0.4, -0.2) is 35.1 Å². The summed E-state index contributed by atoms with van der Waals surface area (Å²) in [6.45, 7) is 6.34. The lowest BCUT2D eigenvalue weighted by molar-refractivity contribution is -0.0859. The van der Waals surface area contributed by atoms with E-state index < -0.39 is 11.7 Å². The Balaban J connectivity index is 3.15. The Labute approximate surface area is 119 Å². The molecule has 0 spiro atoms. The van der Waals surface area contributed by atoms with Crippen molar-refractivity contribution in [2.45, 2.75) is 90.3 Å². The highest BCUT2D eigenvalue weighted by Crippen LogP contribution is 2.11. The fourth-order valence-electron chi connectivity index (χ4n) is 1.91. The molecule has 0 amide bonds. The van der Waals surface area contributed by atoms with Crippen LogP contribution in [0.1, 0.15) is 78.6 Å². The number of hydrogen-bond acceptors (Lipinski definition) is 3. The molecule has 2 N–H and O–H groups in total. The van der Waals surface area contributed by atoms with Gasteiger partial charge >= 0.3 is 0 Å². The third kappa shape index (κ3) is 12.6. The number of unbranched alkanes of at least 4 members (excludes halogenated alkanes) is 8. The van der Waals surface area contributed by atoms with Crippen molar-refractivity contribution in [3.05, 3.63) is 0 Å². The van der Waals surface area contributed by atoms with E-state index in [0.29, 0.717) is 6.61 Å². The van der Waals surface area contributed by atoms with Crippen LogP contribution in [0.2, 0.25) is 0 Å². The molecule has 0 aromatic heterocycles. The highest BCUT2D eigenvalue weighted by molar-refractivity contribution is 4.75. The molecule has 116 valence electrons. The molecular weight excluding hydrogens is 240 g/mol. The first kappa shape index (κ1) is 18.9. The minimum Gasteiger partial charge on any atom is -0.388 e. The van der Waals surface area contributed by atoms with Crippen LogP contribution in [0.25, 0.3) is 0 Å². The van der Waals surface area contributed by atoms with Gasteiger partial charge in [-0.2, -0.15) is 0 Å². The summed E-state index contributed by atoms with van der Waals surface area (Å²) in [5.41, 5.74) is -1.07. The van der Waals surface area contributed by atoms with Gasteiger partial charge < -0.3 is 14.9 Å². The monoisotopic (exact) mass is 274 g/mol. The van der Waals surface area contributed by atoms with Crippen molar-refractivity contribution in [3.63, 3.8) is 0 Å². The van der Waals surface area contributed by atoms with E-state index in [0.717, 1.165) is 6.42 Å². The van der Waals surface area contributed by atoms with Gasteiger partial charge in [-0.3, -0.25) is 0 Å². The van der Waals surface area contributed by atoms with Crippen LogP contribution in [0.15, 0.2) is 0 Å². The lowest BCUT2D eigenvalue weighted by Crippen LogP contribution is -2.39. The summed E-state index contributed by atoms with van der Waals surface area (Å²) in [6, 6.07) is 0. The minimum absolute atomic E-state index is 0.223. The summed E-state index contributed by atoms with van der Waals surface area (Å²) in [4.78, 5) is 0. The van der Waals surface area contributed by atoms with Gasteiger partial charge in [0.05, 0.1) is 12.2 Å². The summed E-state index contributed by atoms with van der Waals surface area (Å²) in [5.74, 6) is 0. The molecule has 3 heteroatoms. The first-order chi connectivity index (χ1) is 8.98. The summed E-state index contributed by atoms with van der Waals surface area (Å²) in [6.07, 6.45) is 10.9. The van der Waals surface area contributed by atoms with Crippen molar-refractivity contribution in [2.75, 3.05) is 13.2 Å². The normalized spacial score (nSPS) is 13.7. The van der Waals surface area contributed by atoms with Crippen LogP contribution in [0.4, 0.5) is 0 Å². The molecule has 0 fully saturated rings. The molecule has 0 bridgehead atoms. The Morgan fingerprint density at radius 3 is 1.84 bits per heavy atom. The number of aliphatic hydroxyl groups is 2. The summed E-state index contributed by atoms with van der Waals surface area (Å²) < 4.78 is 5.37. The van der Waals surface area contributed by atoms with Gasteiger partial charge in [-0.05, 0) is 20.3 Å². The van der Waals surface area contributed by atoms with E-state index in [2.05, 4.69) is 6.92 Å². The zero-order valence-corrected chi connectivity index (χ0v) is 13.2. The van der Waals surface area contributed by atoms with Gasteiger partial charge in [0.2, 0.25) is 0 Å². The van der Waals surface area contributed by atoms with Crippen LogP contribution in [0.3, 0.4) is 0 Å². The summed E-state index contributed by atoms with van der Waals surface area (Å²) in [7, 11) is 0. The minimum atomic E-state index is -1.07. The zero-order valence-electron chi connectivity index (χ0n) is 13.2. The standard InChI is InChI=1S/C16H34O3/c1-4-5-6-7-8-9-10-11-12-13-19-14-15(17)16(2,3)18/h15,17-18H,4-14H2,1-3H3. The van der Waals surface area contributed by atoms with Crippen LogP contribution >= 0.6 is 0 Å². The van der Waals surface area contributed by atoms with Crippen molar-refractivity contribution in [3.8, 4) is 0 Å². The maximum atomic E-state index is 9.55. The van der Waals surface area contributed by atoms with Crippen molar-refractivity contribution in [1.29, 1.82) is 0 Å². The molecular formula is C16H34O3. The summed E-state index contributed by atoms with van der Waals surface area (Å²) in [5, 5.41) is 19.1. The van der Waals surface area contributed by atoms with Crippen molar-refractivity contribution in [2.24, 2.45) is 0 Å². The van der Waals surface area contributed by atoms with E-state index in [-0.39, 0.29) is 6.61 Å². The average molecular weight is 274 g/mol. The fraction of sp³-hybridized carbons (Fsp3) is 1.00.